The first-order valence-corrected chi connectivity index (χ1v) is 9.55. The predicted octanol–water partition coefficient (Wildman–Crippen LogP) is 2.80. The van der Waals surface area contributed by atoms with E-state index < -0.39 is 5.60 Å². The van der Waals surface area contributed by atoms with Crippen LogP contribution in [0.5, 0.6) is 5.75 Å². The summed E-state index contributed by atoms with van der Waals surface area (Å²) in [4.78, 5) is 6.69. The van der Waals surface area contributed by atoms with Crippen LogP contribution in [0.25, 0.3) is 0 Å². The van der Waals surface area contributed by atoms with Crippen LogP contribution in [0.2, 0.25) is 0 Å². The fraction of sp³-hybridized carbons (Fsp3) is 0.476. The van der Waals surface area contributed by atoms with Crippen LogP contribution in [0.3, 0.4) is 0 Å². The van der Waals surface area contributed by atoms with E-state index in [0.717, 1.165) is 24.4 Å². The number of guanidine groups is 1. The van der Waals surface area contributed by atoms with Crippen molar-refractivity contribution in [1.29, 1.82) is 0 Å². The van der Waals surface area contributed by atoms with Gasteiger partial charge in [0, 0.05) is 13.1 Å². The second-order valence-corrected chi connectivity index (χ2v) is 7.10. The lowest BCUT2D eigenvalue weighted by molar-refractivity contribution is 0.0386. The number of nitrogens with one attached hydrogen (secondary N) is 2. The summed E-state index contributed by atoms with van der Waals surface area (Å²) in [5.41, 5.74) is -0.0720. The summed E-state index contributed by atoms with van der Waals surface area (Å²) in [6.07, 6.45) is 1.55. The van der Waals surface area contributed by atoms with Gasteiger partial charge in [0.2, 0.25) is 0 Å². The van der Waals surface area contributed by atoms with Gasteiger partial charge < -0.3 is 29.8 Å². The average molecular weight is 516 g/mol. The minimum Gasteiger partial charge on any atom is -0.492 e. The molecule has 8 heteroatoms. The maximum absolute atomic E-state index is 10.6. The van der Waals surface area contributed by atoms with E-state index in [1.54, 1.807) is 25.3 Å². The van der Waals surface area contributed by atoms with Gasteiger partial charge in [-0.25, -0.2) is 4.99 Å². The van der Waals surface area contributed by atoms with Gasteiger partial charge in [0.25, 0.3) is 0 Å². The Hall–Kier alpha value is -1.78. The Kier molecular flexibility index (Phi) is 11.1. The molecule has 3 N–H and O–H groups in total. The van der Waals surface area contributed by atoms with Gasteiger partial charge in [-0.15, -0.1) is 24.0 Å². The van der Waals surface area contributed by atoms with Gasteiger partial charge in [-0.3, -0.25) is 0 Å². The number of furan rings is 1. The molecule has 1 aromatic heterocycles. The summed E-state index contributed by atoms with van der Waals surface area (Å²) in [5.74, 6) is 1.99. The quantitative estimate of drug-likeness (QED) is 0.256. The SMILES string of the molecule is CCNC(=NCc1cccc(OCCN(C)C)c1)NCC(C)(O)c1ccco1.I. The first-order valence-electron chi connectivity index (χ1n) is 9.55. The molecule has 2 aromatic rings. The lowest BCUT2D eigenvalue weighted by Crippen LogP contribution is -2.44. The molecule has 29 heavy (non-hydrogen) atoms. The van der Waals surface area contributed by atoms with Crippen LogP contribution < -0.4 is 15.4 Å². The van der Waals surface area contributed by atoms with Crippen LogP contribution in [0, 0.1) is 0 Å². The molecule has 7 nitrogen and oxygen atoms in total. The van der Waals surface area contributed by atoms with Gasteiger partial charge in [-0.05, 0) is 57.8 Å². The molecule has 1 aromatic carbocycles. The van der Waals surface area contributed by atoms with Gasteiger partial charge in [-0.2, -0.15) is 0 Å². The third kappa shape index (κ3) is 9.05. The highest BCUT2D eigenvalue weighted by Gasteiger charge is 2.26. The number of likely N-dealkylation sites (N-methyl/N-ethyl adjacent to an activating group) is 1. The fourth-order valence-corrected chi connectivity index (χ4v) is 2.52. The van der Waals surface area contributed by atoms with Crippen LogP contribution in [0.15, 0.2) is 52.1 Å². The molecule has 2 rings (SSSR count). The Labute approximate surface area is 190 Å². The third-order valence-corrected chi connectivity index (χ3v) is 4.12. The van der Waals surface area contributed by atoms with Gasteiger partial charge in [-0.1, -0.05) is 12.1 Å². The number of hydrogen-bond acceptors (Lipinski definition) is 5. The number of aliphatic imine (C=N–C) groups is 1. The average Bonchev–Trinajstić information content (AvgIpc) is 3.20. The highest BCUT2D eigenvalue weighted by molar-refractivity contribution is 14.0. The Morgan fingerprint density at radius 2 is 2.03 bits per heavy atom. The standard InChI is InChI=1S/C21H32N4O3.HI/c1-5-22-20(24-16-21(2,26)19-10-7-12-28-19)23-15-17-8-6-9-18(14-17)27-13-11-25(3)4;/h6-10,12,14,26H,5,11,13,15-16H2,1-4H3,(H2,22,23,24);1H. The largest absolute Gasteiger partial charge is 0.492 e. The van der Waals surface area contributed by atoms with Crippen molar-refractivity contribution in [2.45, 2.75) is 26.0 Å². The second-order valence-electron chi connectivity index (χ2n) is 7.10. The molecule has 0 aliphatic rings. The van der Waals surface area contributed by atoms with Crippen molar-refractivity contribution in [3.05, 3.63) is 54.0 Å². The van der Waals surface area contributed by atoms with Crippen LogP contribution >= 0.6 is 24.0 Å². The Balaban J connectivity index is 0.00000420. The minimum atomic E-state index is -1.13. The molecule has 0 saturated heterocycles. The minimum absolute atomic E-state index is 0. The second kappa shape index (κ2) is 12.7. The van der Waals surface area contributed by atoms with Crippen molar-refractivity contribution in [1.82, 2.24) is 15.5 Å². The summed E-state index contributed by atoms with van der Waals surface area (Å²) < 4.78 is 11.1. The van der Waals surface area contributed by atoms with E-state index in [4.69, 9.17) is 9.15 Å². The van der Waals surface area contributed by atoms with Gasteiger partial charge in [0.1, 0.15) is 23.7 Å². The lowest BCUT2D eigenvalue weighted by atomic mass is 10.0. The van der Waals surface area contributed by atoms with E-state index in [1.165, 1.54) is 0 Å². The molecule has 0 spiro atoms. The van der Waals surface area contributed by atoms with E-state index in [1.807, 2.05) is 45.3 Å². The first-order chi connectivity index (χ1) is 13.4. The highest BCUT2D eigenvalue weighted by atomic mass is 127. The molecule has 0 saturated carbocycles. The van der Waals surface area contributed by atoms with Crippen molar-refractivity contribution in [3.63, 3.8) is 0 Å². The van der Waals surface area contributed by atoms with Crippen LogP contribution in [-0.2, 0) is 12.1 Å². The molecule has 162 valence electrons. The number of rotatable bonds is 10. The van der Waals surface area contributed by atoms with Gasteiger partial charge in [0.05, 0.1) is 19.4 Å². The van der Waals surface area contributed by atoms with Crippen LogP contribution in [0.1, 0.15) is 25.2 Å². The van der Waals surface area contributed by atoms with Crippen molar-refractivity contribution in [3.8, 4) is 5.75 Å². The summed E-state index contributed by atoms with van der Waals surface area (Å²) in [6.45, 7) is 6.72. The van der Waals surface area contributed by atoms with Crippen LogP contribution in [-0.4, -0.2) is 56.3 Å². The van der Waals surface area contributed by atoms with Gasteiger partial charge >= 0.3 is 0 Å². The maximum atomic E-state index is 10.6. The molecule has 0 amide bonds. The summed E-state index contributed by atoms with van der Waals surface area (Å²) in [5, 5.41) is 16.9. The molecule has 0 aliphatic carbocycles. The number of aliphatic hydroxyl groups is 1. The number of halogens is 1. The van der Waals surface area contributed by atoms with Crippen molar-refractivity contribution >= 4 is 29.9 Å². The molecular formula is C21H33IN4O3. The zero-order valence-electron chi connectivity index (χ0n) is 17.6. The topological polar surface area (TPSA) is 82.3 Å². The molecule has 0 fully saturated rings. The monoisotopic (exact) mass is 516 g/mol. The number of ether oxygens (including phenoxy) is 1. The lowest BCUT2D eigenvalue weighted by Gasteiger charge is -2.22. The zero-order chi connectivity index (χ0) is 20.4. The van der Waals surface area contributed by atoms with E-state index in [-0.39, 0.29) is 30.5 Å². The number of hydrogen-bond donors (Lipinski definition) is 3. The zero-order valence-corrected chi connectivity index (χ0v) is 20.0. The number of benzene rings is 1. The molecule has 1 atom stereocenters. The van der Waals surface area contributed by atoms with E-state index in [2.05, 4.69) is 20.5 Å². The van der Waals surface area contributed by atoms with Crippen LogP contribution in [0.4, 0.5) is 0 Å². The van der Waals surface area contributed by atoms with Gasteiger partial charge in [0.15, 0.2) is 5.96 Å². The fourth-order valence-electron chi connectivity index (χ4n) is 2.52. The summed E-state index contributed by atoms with van der Waals surface area (Å²) >= 11 is 0. The highest BCUT2D eigenvalue weighted by Crippen LogP contribution is 2.19. The Morgan fingerprint density at radius 1 is 1.24 bits per heavy atom. The van der Waals surface area contributed by atoms with E-state index in [9.17, 15) is 5.11 Å². The van der Waals surface area contributed by atoms with Crippen molar-refractivity contribution in [2.24, 2.45) is 4.99 Å². The van der Waals surface area contributed by atoms with E-state index >= 15 is 0 Å². The predicted molar refractivity (Wildman–Crippen MR) is 127 cm³/mol. The molecule has 0 bridgehead atoms. The molecule has 0 aliphatic heterocycles. The van der Waals surface area contributed by atoms with E-state index in [0.29, 0.717) is 24.9 Å². The Bertz CT molecular complexity index is 733. The smallest absolute Gasteiger partial charge is 0.191 e. The molecular weight excluding hydrogens is 483 g/mol. The maximum Gasteiger partial charge on any atom is 0.191 e. The third-order valence-electron chi connectivity index (χ3n) is 4.12. The molecule has 1 unspecified atom stereocenters. The number of nitrogens with zero attached hydrogens (tertiary/aromatic N) is 2. The van der Waals surface area contributed by atoms with Crippen molar-refractivity contribution in [2.75, 3.05) is 40.3 Å². The summed E-state index contributed by atoms with van der Waals surface area (Å²) in [6, 6.07) is 11.5. The Morgan fingerprint density at radius 3 is 2.69 bits per heavy atom. The molecule has 0 radical (unpaired) electrons. The summed E-state index contributed by atoms with van der Waals surface area (Å²) in [7, 11) is 4.04. The normalized spacial score (nSPS) is 13.5. The molecule has 1 heterocycles. The first kappa shape index (κ1) is 25.3. The van der Waals surface area contributed by atoms with Crippen molar-refractivity contribution < 1.29 is 14.3 Å².